The molecule has 10 aromatic rings. The van der Waals surface area contributed by atoms with E-state index >= 15 is 0 Å². The van der Waals surface area contributed by atoms with Crippen molar-refractivity contribution in [1.82, 2.24) is 0 Å². The summed E-state index contributed by atoms with van der Waals surface area (Å²) in [7, 11) is 0. The van der Waals surface area contributed by atoms with Crippen LogP contribution in [0.2, 0.25) is 0 Å². The lowest BCUT2D eigenvalue weighted by Gasteiger charge is -2.30. The fourth-order valence-corrected chi connectivity index (χ4v) is 8.06. The summed E-state index contributed by atoms with van der Waals surface area (Å²) in [5.41, 5.74) is 13.2. The van der Waals surface area contributed by atoms with E-state index in [0.29, 0.717) is 0 Å². The van der Waals surface area contributed by atoms with Crippen LogP contribution in [-0.4, -0.2) is 0 Å². The maximum absolute atomic E-state index is 6.51. The smallest absolute Gasteiger partial charge is 0.137 e. The molecule has 2 heteroatoms. The average molecular weight is 678 g/mol. The van der Waals surface area contributed by atoms with Gasteiger partial charge < -0.3 is 9.32 Å². The highest BCUT2D eigenvalue weighted by molar-refractivity contribution is 6.15. The summed E-state index contributed by atoms with van der Waals surface area (Å²) in [5.74, 6) is 0. The van der Waals surface area contributed by atoms with Crippen molar-refractivity contribution in [3.8, 4) is 33.4 Å². The third kappa shape index (κ3) is 5.27. The van der Waals surface area contributed by atoms with Crippen LogP contribution in [0.25, 0.3) is 76.9 Å². The summed E-state index contributed by atoms with van der Waals surface area (Å²) in [4.78, 5) is 2.43. The van der Waals surface area contributed by atoms with E-state index < -0.39 is 0 Å². The molecule has 0 N–H and O–H groups in total. The Bertz CT molecular complexity index is 2960. The molecule has 0 spiro atoms. The first kappa shape index (κ1) is 30.9. The Hall–Kier alpha value is -6.90. The molecule has 1 aromatic heterocycles. The van der Waals surface area contributed by atoms with E-state index in [1.807, 2.05) is 12.1 Å². The lowest BCUT2D eigenvalue weighted by atomic mass is 9.90. The van der Waals surface area contributed by atoms with Gasteiger partial charge in [0.1, 0.15) is 11.2 Å². The van der Waals surface area contributed by atoms with E-state index in [1.165, 1.54) is 32.7 Å². The molecule has 0 atom stereocenters. The molecule has 2 nitrogen and oxygen atoms in total. The first-order valence-electron chi connectivity index (χ1n) is 18.2. The predicted octanol–water partition coefficient (Wildman–Crippen LogP) is 14.7. The molecular weight excluding hydrogens is 643 g/mol. The van der Waals surface area contributed by atoms with E-state index in [4.69, 9.17) is 4.42 Å². The first-order valence-corrected chi connectivity index (χ1v) is 18.2. The minimum Gasteiger partial charge on any atom is -0.456 e. The summed E-state index contributed by atoms with van der Waals surface area (Å²) in [5, 5.41) is 7.29. The molecule has 0 bridgehead atoms. The molecule has 0 saturated carbocycles. The van der Waals surface area contributed by atoms with Gasteiger partial charge >= 0.3 is 0 Å². The second-order valence-corrected chi connectivity index (χ2v) is 13.7. The van der Waals surface area contributed by atoms with Gasteiger partial charge in [0, 0.05) is 33.7 Å². The molecule has 0 fully saturated rings. The van der Waals surface area contributed by atoms with Crippen LogP contribution in [0, 0.1) is 6.92 Å². The molecule has 0 radical (unpaired) electrons. The topological polar surface area (TPSA) is 16.4 Å². The van der Waals surface area contributed by atoms with Crippen molar-refractivity contribution < 1.29 is 4.42 Å². The van der Waals surface area contributed by atoms with Crippen molar-refractivity contribution in [3.63, 3.8) is 0 Å². The Morgan fingerprint density at radius 2 is 0.943 bits per heavy atom. The van der Waals surface area contributed by atoms with Gasteiger partial charge in [-0.25, -0.2) is 0 Å². The van der Waals surface area contributed by atoms with Crippen molar-refractivity contribution >= 4 is 60.5 Å². The second-order valence-electron chi connectivity index (χ2n) is 13.7. The molecule has 0 aliphatic rings. The first-order chi connectivity index (χ1) is 26.2. The normalized spacial score (nSPS) is 11.5. The third-order valence-corrected chi connectivity index (χ3v) is 10.6. The summed E-state index contributed by atoms with van der Waals surface area (Å²) >= 11 is 0. The minimum atomic E-state index is 0.860. The number of fused-ring (bicyclic) bond motifs is 6. The molecule has 0 aliphatic heterocycles. The summed E-state index contributed by atoms with van der Waals surface area (Å²) in [6.45, 7) is 2.21. The lowest BCUT2D eigenvalue weighted by molar-refractivity contribution is 0.669. The molecule has 250 valence electrons. The lowest BCUT2D eigenvalue weighted by Crippen LogP contribution is -2.12. The number of furan rings is 1. The summed E-state index contributed by atoms with van der Waals surface area (Å²) < 4.78 is 6.51. The van der Waals surface area contributed by atoms with Crippen LogP contribution in [0.5, 0.6) is 0 Å². The van der Waals surface area contributed by atoms with E-state index in [2.05, 4.69) is 194 Å². The van der Waals surface area contributed by atoms with Crippen LogP contribution in [0.4, 0.5) is 17.1 Å². The molecule has 53 heavy (non-hydrogen) atoms. The van der Waals surface area contributed by atoms with Crippen LogP contribution in [0.3, 0.4) is 0 Å². The van der Waals surface area contributed by atoms with Gasteiger partial charge in [-0.2, -0.15) is 0 Å². The number of anilines is 3. The maximum atomic E-state index is 6.51. The Kier molecular flexibility index (Phi) is 7.40. The number of hydrogen-bond acceptors (Lipinski definition) is 2. The molecule has 0 saturated heterocycles. The highest BCUT2D eigenvalue weighted by Gasteiger charge is 2.23. The fourth-order valence-electron chi connectivity index (χ4n) is 8.06. The zero-order valence-electron chi connectivity index (χ0n) is 29.3. The molecule has 1 heterocycles. The van der Waals surface area contributed by atoms with Crippen molar-refractivity contribution in [3.05, 3.63) is 200 Å². The number of nitrogens with zero attached hydrogens (tertiary/aromatic N) is 1. The zero-order valence-corrected chi connectivity index (χ0v) is 29.3. The van der Waals surface area contributed by atoms with Gasteiger partial charge in [0.15, 0.2) is 0 Å². The maximum Gasteiger partial charge on any atom is 0.137 e. The van der Waals surface area contributed by atoms with Gasteiger partial charge in [-0.3, -0.25) is 0 Å². The van der Waals surface area contributed by atoms with Crippen molar-refractivity contribution in [1.29, 1.82) is 0 Å². The van der Waals surface area contributed by atoms with Crippen molar-refractivity contribution in [2.24, 2.45) is 0 Å². The largest absolute Gasteiger partial charge is 0.456 e. The minimum absolute atomic E-state index is 0.860. The SMILES string of the molecule is Cc1cccc2c1cc(-c1ccc(-c3ccccc3)c(N(c3ccc4c(c3)oc3ccccc34)c3ccccc3-c3ccccc3)c1)c1ccccc12. The van der Waals surface area contributed by atoms with Gasteiger partial charge in [-0.15, -0.1) is 0 Å². The molecular formula is C51H35NO. The van der Waals surface area contributed by atoms with Gasteiger partial charge in [0.05, 0.1) is 11.4 Å². The van der Waals surface area contributed by atoms with Crippen LogP contribution in [-0.2, 0) is 0 Å². The van der Waals surface area contributed by atoms with Gasteiger partial charge in [-0.1, -0.05) is 152 Å². The van der Waals surface area contributed by atoms with E-state index in [0.717, 1.165) is 66.8 Å². The van der Waals surface area contributed by atoms with E-state index in [-0.39, 0.29) is 0 Å². The fraction of sp³-hybridized carbons (Fsp3) is 0.0196. The predicted molar refractivity (Wildman–Crippen MR) is 224 cm³/mol. The number of para-hydroxylation sites is 2. The number of aryl methyl sites for hydroxylation is 1. The second kappa shape index (κ2) is 12.7. The molecule has 9 aromatic carbocycles. The zero-order chi connectivity index (χ0) is 35.3. The Morgan fingerprint density at radius 3 is 1.74 bits per heavy atom. The molecule has 0 aliphatic carbocycles. The Balaban J connectivity index is 1.29. The van der Waals surface area contributed by atoms with Gasteiger partial charge in [0.25, 0.3) is 0 Å². The number of hydrogen-bond donors (Lipinski definition) is 0. The number of benzene rings is 9. The van der Waals surface area contributed by atoms with Gasteiger partial charge in [0.2, 0.25) is 0 Å². The van der Waals surface area contributed by atoms with Crippen LogP contribution in [0.1, 0.15) is 5.56 Å². The monoisotopic (exact) mass is 677 g/mol. The summed E-state index contributed by atoms with van der Waals surface area (Å²) in [6.07, 6.45) is 0. The quantitative estimate of drug-likeness (QED) is 0.163. The number of rotatable bonds is 6. The van der Waals surface area contributed by atoms with Crippen LogP contribution in [0.15, 0.2) is 199 Å². The molecule has 0 unspecified atom stereocenters. The van der Waals surface area contributed by atoms with E-state index in [1.54, 1.807) is 0 Å². The third-order valence-electron chi connectivity index (χ3n) is 10.6. The highest BCUT2D eigenvalue weighted by atomic mass is 16.3. The highest BCUT2D eigenvalue weighted by Crippen LogP contribution is 2.48. The average Bonchev–Trinajstić information content (AvgIpc) is 3.60. The van der Waals surface area contributed by atoms with E-state index in [9.17, 15) is 0 Å². The van der Waals surface area contributed by atoms with Crippen LogP contribution >= 0.6 is 0 Å². The summed E-state index contributed by atoms with van der Waals surface area (Å²) in [6, 6.07) is 69.9. The van der Waals surface area contributed by atoms with Crippen molar-refractivity contribution in [2.75, 3.05) is 4.90 Å². The Labute approximate surface area is 308 Å². The Morgan fingerprint density at radius 1 is 0.340 bits per heavy atom. The molecule has 0 amide bonds. The standard InChI is InChI=1S/C51H35NO/c1-34-15-14-24-42-41-21-8-9-22-43(41)47(33-46(34)42)37-27-29-40(36-18-6-3-7-19-36)49(31-37)52(48-25-12-10-20-39(48)35-16-4-2-5-17-35)38-28-30-45-44-23-11-13-26-50(44)53-51(45)32-38/h2-33H,1H3. The van der Waals surface area contributed by atoms with Crippen LogP contribution < -0.4 is 4.90 Å². The molecule has 10 rings (SSSR count). The van der Waals surface area contributed by atoms with Gasteiger partial charge in [-0.05, 0) is 92.7 Å². The van der Waals surface area contributed by atoms with Crippen molar-refractivity contribution in [2.45, 2.75) is 6.92 Å².